The molecule has 0 aromatic carbocycles. The molecule has 0 radical (unpaired) electrons. The molecule has 1 unspecified atom stereocenters. The van der Waals surface area contributed by atoms with Crippen molar-refractivity contribution >= 4 is 5.91 Å². The molecule has 2 rings (SSSR count). The maximum Gasteiger partial charge on any atom is 0.231 e. The van der Waals surface area contributed by atoms with E-state index in [0.717, 1.165) is 12.5 Å². The van der Waals surface area contributed by atoms with Crippen LogP contribution in [0.2, 0.25) is 0 Å². The fourth-order valence-corrected chi connectivity index (χ4v) is 2.37. The predicted molar refractivity (Wildman–Crippen MR) is 59.4 cm³/mol. The van der Waals surface area contributed by atoms with Gasteiger partial charge in [-0.3, -0.25) is 4.79 Å². The van der Waals surface area contributed by atoms with Gasteiger partial charge < -0.3 is 16.0 Å². The number of primary amides is 1. The molecule has 4 nitrogen and oxygen atoms in total. The Balaban J connectivity index is 1.71. The summed E-state index contributed by atoms with van der Waals surface area (Å²) in [6.45, 7) is 2.74. The summed E-state index contributed by atoms with van der Waals surface area (Å²) in [6, 6.07) is 1.36. The fourth-order valence-electron chi connectivity index (χ4n) is 2.37. The highest BCUT2D eigenvalue weighted by atomic mass is 16.1. The lowest BCUT2D eigenvalue weighted by molar-refractivity contribution is -0.117. The summed E-state index contributed by atoms with van der Waals surface area (Å²) in [4.78, 5) is 13.3. The zero-order valence-electron chi connectivity index (χ0n) is 9.24. The Morgan fingerprint density at radius 3 is 2.73 bits per heavy atom. The van der Waals surface area contributed by atoms with Crippen molar-refractivity contribution in [1.82, 2.24) is 10.2 Å². The van der Waals surface area contributed by atoms with Gasteiger partial charge in [0, 0.05) is 12.1 Å². The van der Waals surface area contributed by atoms with Crippen molar-refractivity contribution in [2.75, 3.05) is 19.6 Å². The van der Waals surface area contributed by atoms with E-state index in [2.05, 4.69) is 10.2 Å². The van der Waals surface area contributed by atoms with Crippen LogP contribution in [-0.4, -0.2) is 42.5 Å². The van der Waals surface area contributed by atoms with E-state index in [-0.39, 0.29) is 5.91 Å². The predicted octanol–water partition coefficient (Wildman–Crippen LogP) is 0.0782. The largest absolute Gasteiger partial charge is 0.369 e. The third-order valence-corrected chi connectivity index (χ3v) is 3.39. The van der Waals surface area contributed by atoms with E-state index < -0.39 is 0 Å². The van der Waals surface area contributed by atoms with Gasteiger partial charge in [-0.25, -0.2) is 0 Å². The van der Waals surface area contributed by atoms with Crippen LogP contribution in [-0.2, 0) is 4.79 Å². The third kappa shape index (κ3) is 3.47. The quantitative estimate of drug-likeness (QED) is 0.692. The highest BCUT2D eigenvalue weighted by molar-refractivity contribution is 5.75. The van der Waals surface area contributed by atoms with Gasteiger partial charge >= 0.3 is 0 Å². The second-order valence-electron chi connectivity index (χ2n) is 4.74. The van der Waals surface area contributed by atoms with Gasteiger partial charge in [0.2, 0.25) is 5.91 Å². The molecule has 2 aliphatic rings. The summed E-state index contributed by atoms with van der Waals surface area (Å²) in [7, 11) is 0. The molecule has 1 saturated carbocycles. The van der Waals surface area contributed by atoms with Crippen LogP contribution >= 0.6 is 0 Å². The molecular weight excluding hydrogens is 190 g/mol. The van der Waals surface area contributed by atoms with E-state index in [0.29, 0.717) is 12.6 Å². The molecule has 0 bridgehead atoms. The molecule has 1 amide bonds. The first-order valence-electron chi connectivity index (χ1n) is 6.01. The first-order chi connectivity index (χ1) is 7.25. The second-order valence-corrected chi connectivity index (χ2v) is 4.74. The summed E-state index contributed by atoms with van der Waals surface area (Å²) in [6.07, 6.45) is 6.35. The van der Waals surface area contributed by atoms with Crippen molar-refractivity contribution in [2.24, 2.45) is 5.73 Å². The van der Waals surface area contributed by atoms with Gasteiger partial charge in [0.15, 0.2) is 0 Å². The van der Waals surface area contributed by atoms with Gasteiger partial charge in [-0.2, -0.15) is 0 Å². The lowest BCUT2D eigenvalue weighted by Crippen LogP contribution is -2.37. The van der Waals surface area contributed by atoms with E-state index in [4.69, 9.17) is 5.73 Å². The molecule has 86 valence electrons. The second kappa shape index (κ2) is 4.94. The Labute approximate surface area is 91.2 Å². The Bertz CT molecular complexity index is 228. The summed E-state index contributed by atoms with van der Waals surface area (Å²) in [5.74, 6) is -0.252. The molecule has 1 atom stereocenters. The lowest BCUT2D eigenvalue weighted by atomic mass is 10.1. The number of nitrogens with zero attached hydrogens (tertiary/aromatic N) is 1. The van der Waals surface area contributed by atoms with Crippen molar-refractivity contribution in [1.29, 1.82) is 0 Å². The minimum absolute atomic E-state index is 0.252. The normalized spacial score (nSPS) is 28.7. The Kier molecular flexibility index (Phi) is 3.59. The van der Waals surface area contributed by atoms with E-state index in [1.54, 1.807) is 0 Å². The average molecular weight is 211 g/mol. The number of hydrogen-bond donors (Lipinski definition) is 2. The third-order valence-electron chi connectivity index (χ3n) is 3.39. The highest BCUT2D eigenvalue weighted by Gasteiger charge is 2.30. The Morgan fingerprint density at radius 1 is 1.27 bits per heavy atom. The Hall–Kier alpha value is -0.610. The first kappa shape index (κ1) is 10.9. The zero-order valence-corrected chi connectivity index (χ0v) is 9.24. The van der Waals surface area contributed by atoms with Crippen molar-refractivity contribution in [3.05, 3.63) is 0 Å². The molecule has 3 N–H and O–H groups in total. The molecule has 1 aliphatic heterocycles. The van der Waals surface area contributed by atoms with Crippen molar-refractivity contribution in [3.8, 4) is 0 Å². The minimum atomic E-state index is -0.252. The van der Waals surface area contributed by atoms with Gasteiger partial charge in [0.1, 0.15) is 0 Å². The van der Waals surface area contributed by atoms with Gasteiger partial charge in [0.25, 0.3) is 0 Å². The molecule has 2 fully saturated rings. The summed E-state index contributed by atoms with van der Waals surface area (Å²) < 4.78 is 0. The van der Waals surface area contributed by atoms with Crippen molar-refractivity contribution in [2.45, 2.75) is 44.2 Å². The summed E-state index contributed by atoms with van der Waals surface area (Å²) >= 11 is 0. The molecule has 0 aromatic heterocycles. The molecule has 1 aliphatic carbocycles. The zero-order chi connectivity index (χ0) is 10.7. The molecular formula is C11H21N3O. The van der Waals surface area contributed by atoms with E-state index in [1.807, 2.05) is 0 Å². The van der Waals surface area contributed by atoms with Crippen LogP contribution in [0.25, 0.3) is 0 Å². The first-order valence-corrected chi connectivity index (χ1v) is 6.01. The SMILES string of the molecule is NC(=O)CNC1CCCN(C2CC2)CC1. The van der Waals surface area contributed by atoms with Crippen LogP contribution in [0.15, 0.2) is 0 Å². The number of hydrogen-bond acceptors (Lipinski definition) is 3. The number of carbonyl (C=O) groups is 1. The maximum atomic E-state index is 10.7. The summed E-state index contributed by atoms with van der Waals surface area (Å²) in [5.41, 5.74) is 5.12. The van der Waals surface area contributed by atoms with Crippen molar-refractivity contribution < 1.29 is 4.79 Å². The van der Waals surface area contributed by atoms with Crippen LogP contribution < -0.4 is 11.1 Å². The molecule has 0 spiro atoms. The van der Waals surface area contributed by atoms with E-state index >= 15 is 0 Å². The smallest absolute Gasteiger partial charge is 0.231 e. The highest BCUT2D eigenvalue weighted by Crippen LogP contribution is 2.28. The number of amides is 1. The summed E-state index contributed by atoms with van der Waals surface area (Å²) in [5, 5.41) is 3.24. The van der Waals surface area contributed by atoms with Crippen LogP contribution in [0.1, 0.15) is 32.1 Å². The van der Waals surface area contributed by atoms with Crippen LogP contribution in [0.4, 0.5) is 0 Å². The number of likely N-dealkylation sites (tertiary alicyclic amines) is 1. The number of carbonyl (C=O) groups excluding carboxylic acids is 1. The number of rotatable bonds is 4. The van der Waals surface area contributed by atoms with E-state index in [9.17, 15) is 4.79 Å². The van der Waals surface area contributed by atoms with Gasteiger partial charge in [-0.15, -0.1) is 0 Å². The molecule has 4 heteroatoms. The van der Waals surface area contributed by atoms with Gasteiger partial charge in [-0.05, 0) is 45.2 Å². The maximum absolute atomic E-state index is 10.7. The number of nitrogens with one attached hydrogen (secondary N) is 1. The molecule has 0 aromatic rings. The monoisotopic (exact) mass is 211 g/mol. The van der Waals surface area contributed by atoms with Crippen molar-refractivity contribution in [3.63, 3.8) is 0 Å². The molecule has 15 heavy (non-hydrogen) atoms. The molecule has 1 heterocycles. The van der Waals surface area contributed by atoms with E-state index in [1.165, 1.54) is 38.8 Å². The van der Waals surface area contributed by atoms with Crippen LogP contribution in [0.3, 0.4) is 0 Å². The molecule has 1 saturated heterocycles. The number of nitrogens with two attached hydrogens (primary N) is 1. The lowest BCUT2D eigenvalue weighted by Gasteiger charge is -2.19. The fraction of sp³-hybridized carbons (Fsp3) is 0.909. The Morgan fingerprint density at radius 2 is 2.07 bits per heavy atom. The minimum Gasteiger partial charge on any atom is -0.369 e. The van der Waals surface area contributed by atoms with Gasteiger partial charge in [-0.1, -0.05) is 0 Å². The standard InChI is InChI=1S/C11H21N3O/c12-11(15)8-13-9-2-1-6-14(7-5-9)10-3-4-10/h9-10,13H,1-8H2,(H2,12,15). The average Bonchev–Trinajstić information content (AvgIpc) is 3.01. The topological polar surface area (TPSA) is 58.4 Å². The van der Waals surface area contributed by atoms with Gasteiger partial charge in [0.05, 0.1) is 6.54 Å². The van der Waals surface area contributed by atoms with Crippen LogP contribution in [0.5, 0.6) is 0 Å². The van der Waals surface area contributed by atoms with Crippen LogP contribution in [0, 0.1) is 0 Å².